The van der Waals surface area contributed by atoms with Crippen molar-refractivity contribution in [3.63, 3.8) is 0 Å². The van der Waals surface area contributed by atoms with Crippen LogP contribution in [0.25, 0.3) is 22.6 Å². The van der Waals surface area contributed by atoms with E-state index in [4.69, 9.17) is 0 Å². The lowest BCUT2D eigenvalue weighted by atomic mass is 10.2. The Labute approximate surface area is 156 Å². The third-order valence-electron chi connectivity index (χ3n) is 3.95. The molecule has 0 spiro atoms. The zero-order valence-corrected chi connectivity index (χ0v) is 14.4. The van der Waals surface area contributed by atoms with Crippen LogP contribution in [0, 0.1) is 6.92 Å². The predicted octanol–water partition coefficient (Wildman–Crippen LogP) is 3.95. The Morgan fingerprint density at radius 1 is 0.964 bits per heavy atom. The second kappa shape index (κ2) is 6.80. The van der Waals surface area contributed by atoms with Crippen LogP contribution in [0.3, 0.4) is 0 Å². The zero-order valence-electron chi connectivity index (χ0n) is 14.4. The van der Waals surface area contributed by atoms with E-state index in [1.807, 2.05) is 19.1 Å². The molecule has 0 saturated heterocycles. The largest absolute Gasteiger partial charge is 0.417 e. The molecule has 0 aliphatic heterocycles. The van der Waals surface area contributed by atoms with E-state index in [0.29, 0.717) is 22.6 Å². The fourth-order valence-corrected chi connectivity index (χ4v) is 2.57. The van der Waals surface area contributed by atoms with E-state index in [1.54, 1.807) is 12.4 Å². The molecule has 1 N–H and O–H groups in total. The van der Waals surface area contributed by atoms with Crippen molar-refractivity contribution in [2.24, 2.45) is 0 Å². The van der Waals surface area contributed by atoms with Crippen LogP contribution in [0.4, 0.5) is 24.7 Å². The van der Waals surface area contributed by atoms with Gasteiger partial charge in [-0.15, -0.1) is 5.10 Å². The first-order valence-electron chi connectivity index (χ1n) is 8.12. The van der Waals surface area contributed by atoms with E-state index in [-0.39, 0.29) is 11.5 Å². The Morgan fingerprint density at radius 2 is 1.82 bits per heavy atom. The summed E-state index contributed by atoms with van der Waals surface area (Å²) in [7, 11) is 0. The van der Waals surface area contributed by atoms with Crippen molar-refractivity contribution in [3.8, 4) is 11.4 Å². The molecule has 7 nitrogen and oxygen atoms in total. The number of rotatable bonds is 3. The molecule has 28 heavy (non-hydrogen) atoms. The van der Waals surface area contributed by atoms with Crippen LogP contribution in [-0.2, 0) is 6.18 Å². The van der Waals surface area contributed by atoms with E-state index in [0.717, 1.165) is 17.8 Å². The standard InChI is InChI=1S/C18H12F3N7/c1-10-3-2-6-22-15(10)12-8-24-16-13(9-25-28-17(16)27-12)26-14-5-4-11(7-23-14)18(19,20)21/h2-9H,1H3,(H,23,26,27,28). The number of halogens is 3. The lowest BCUT2D eigenvalue weighted by Gasteiger charge is -2.10. The molecule has 0 amide bonds. The topological polar surface area (TPSA) is 89.4 Å². The minimum absolute atomic E-state index is 0.216. The minimum Gasteiger partial charge on any atom is -0.337 e. The Hall–Kier alpha value is -3.69. The van der Waals surface area contributed by atoms with Gasteiger partial charge in [0, 0.05) is 12.4 Å². The molecule has 0 aliphatic carbocycles. The molecule has 4 rings (SSSR count). The van der Waals surface area contributed by atoms with Gasteiger partial charge in [0.05, 0.1) is 29.3 Å². The lowest BCUT2D eigenvalue weighted by Crippen LogP contribution is -2.06. The molecule has 0 bridgehead atoms. The second-order valence-corrected chi connectivity index (χ2v) is 5.91. The van der Waals surface area contributed by atoms with Gasteiger partial charge in [-0.2, -0.15) is 18.3 Å². The first-order chi connectivity index (χ1) is 13.4. The molecular weight excluding hydrogens is 371 g/mol. The Kier molecular flexibility index (Phi) is 4.30. The van der Waals surface area contributed by atoms with Crippen molar-refractivity contribution in [1.29, 1.82) is 0 Å². The molecule has 0 fully saturated rings. The van der Waals surface area contributed by atoms with Crippen LogP contribution in [-0.4, -0.2) is 30.1 Å². The summed E-state index contributed by atoms with van der Waals surface area (Å²) >= 11 is 0. The van der Waals surface area contributed by atoms with E-state index in [9.17, 15) is 13.2 Å². The van der Waals surface area contributed by atoms with Gasteiger partial charge in [-0.05, 0) is 30.7 Å². The number of aromatic nitrogens is 6. The molecule has 4 heterocycles. The van der Waals surface area contributed by atoms with Crippen molar-refractivity contribution < 1.29 is 13.2 Å². The molecule has 0 aromatic carbocycles. The fourth-order valence-electron chi connectivity index (χ4n) is 2.57. The average molecular weight is 383 g/mol. The highest BCUT2D eigenvalue weighted by Crippen LogP contribution is 2.30. The van der Waals surface area contributed by atoms with E-state index in [1.165, 1.54) is 12.3 Å². The molecule has 4 aromatic heterocycles. The SMILES string of the molecule is Cc1cccnc1-c1cnc2c(Nc3ccc(C(F)(F)F)cn3)cnnc2n1. The van der Waals surface area contributed by atoms with Gasteiger partial charge in [0.2, 0.25) is 5.65 Å². The number of hydrogen-bond donors (Lipinski definition) is 1. The number of aryl methyl sites for hydroxylation is 1. The molecule has 0 radical (unpaired) electrons. The zero-order chi connectivity index (χ0) is 19.7. The number of nitrogens with one attached hydrogen (secondary N) is 1. The van der Waals surface area contributed by atoms with Gasteiger partial charge in [-0.1, -0.05) is 6.07 Å². The summed E-state index contributed by atoms with van der Waals surface area (Å²) in [5.41, 5.74) is 2.45. The van der Waals surface area contributed by atoms with Gasteiger partial charge in [0.25, 0.3) is 0 Å². The van der Waals surface area contributed by atoms with Crippen LogP contribution >= 0.6 is 0 Å². The third-order valence-corrected chi connectivity index (χ3v) is 3.95. The summed E-state index contributed by atoms with van der Waals surface area (Å²) < 4.78 is 38.0. The van der Waals surface area contributed by atoms with Gasteiger partial charge in [-0.25, -0.2) is 15.0 Å². The number of fused-ring (bicyclic) bond motifs is 1. The van der Waals surface area contributed by atoms with Crippen molar-refractivity contribution in [2.75, 3.05) is 5.32 Å². The summed E-state index contributed by atoms with van der Waals surface area (Å²) in [5, 5.41) is 10.8. The molecule has 10 heteroatoms. The molecule has 0 aliphatic rings. The summed E-state index contributed by atoms with van der Waals surface area (Å²) in [4.78, 5) is 16.9. The van der Waals surface area contributed by atoms with Crippen molar-refractivity contribution in [1.82, 2.24) is 30.1 Å². The summed E-state index contributed by atoms with van der Waals surface area (Å²) in [6.45, 7) is 1.91. The molecule has 4 aromatic rings. The molecule has 0 saturated carbocycles. The van der Waals surface area contributed by atoms with Gasteiger partial charge in [0.1, 0.15) is 17.0 Å². The summed E-state index contributed by atoms with van der Waals surface area (Å²) in [6.07, 6.45) is 0.940. The van der Waals surface area contributed by atoms with Gasteiger partial charge in [-0.3, -0.25) is 4.98 Å². The first kappa shape index (κ1) is 17.7. The maximum Gasteiger partial charge on any atom is 0.417 e. The Balaban J connectivity index is 1.68. The molecule has 0 unspecified atom stereocenters. The fraction of sp³-hybridized carbons (Fsp3) is 0.111. The van der Waals surface area contributed by atoms with Crippen molar-refractivity contribution in [2.45, 2.75) is 13.1 Å². The summed E-state index contributed by atoms with van der Waals surface area (Å²) in [5.74, 6) is 0.216. The lowest BCUT2D eigenvalue weighted by molar-refractivity contribution is -0.137. The highest BCUT2D eigenvalue weighted by Gasteiger charge is 2.30. The maximum atomic E-state index is 12.7. The van der Waals surface area contributed by atoms with E-state index >= 15 is 0 Å². The maximum absolute atomic E-state index is 12.7. The van der Waals surface area contributed by atoms with Crippen LogP contribution in [0.5, 0.6) is 0 Å². The van der Waals surface area contributed by atoms with Crippen LogP contribution in [0.1, 0.15) is 11.1 Å². The van der Waals surface area contributed by atoms with Crippen molar-refractivity contribution >= 4 is 22.7 Å². The monoisotopic (exact) mass is 383 g/mol. The molecular formula is C18H12F3N7. The van der Waals surface area contributed by atoms with E-state index in [2.05, 4.69) is 35.5 Å². The van der Waals surface area contributed by atoms with E-state index < -0.39 is 11.7 Å². The quantitative estimate of drug-likeness (QED) is 0.573. The number of anilines is 2. The smallest absolute Gasteiger partial charge is 0.337 e. The highest BCUT2D eigenvalue weighted by atomic mass is 19.4. The number of pyridine rings is 2. The van der Waals surface area contributed by atoms with Crippen molar-refractivity contribution in [3.05, 3.63) is 60.2 Å². The third kappa shape index (κ3) is 3.43. The summed E-state index contributed by atoms with van der Waals surface area (Å²) in [6, 6.07) is 5.91. The highest BCUT2D eigenvalue weighted by molar-refractivity contribution is 5.86. The average Bonchev–Trinajstić information content (AvgIpc) is 2.68. The number of alkyl halides is 3. The normalized spacial score (nSPS) is 11.6. The second-order valence-electron chi connectivity index (χ2n) is 5.91. The van der Waals surface area contributed by atoms with Gasteiger partial charge < -0.3 is 5.32 Å². The first-order valence-corrected chi connectivity index (χ1v) is 8.12. The van der Waals surface area contributed by atoms with Crippen LogP contribution in [0.15, 0.2) is 49.1 Å². The molecule has 0 atom stereocenters. The Morgan fingerprint density at radius 3 is 2.54 bits per heavy atom. The predicted molar refractivity (Wildman–Crippen MR) is 95.6 cm³/mol. The number of hydrogen-bond acceptors (Lipinski definition) is 7. The Bertz CT molecular complexity index is 1140. The number of nitrogens with zero attached hydrogens (tertiary/aromatic N) is 6. The van der Waals surface area contributed by atoms with Crippen LogP contribution in [0.2, 0.25) is 0 Å². The van der Waals surface area contributed by atoms with Gasteiger partial charge >= 0.3 is 6.18 Å². The van der Waals surface area contributed by atoms with Gasteiger partial charge in [0.15, 0.2) is 0 Å². The molecule has 140 valence electrons. The minimum atomic E-state index is -4.44. The van der Waals surface area contributed by atoms with Crippen LogP contribution < -0.4 is 5.32 Å².